The summed E-state index contributed by atoms with van der Waals surface area (Å²) >= 11 is 0. The summed E-state index contributed by atoms with van der Waals surface area (Å²) in [5.74, 6) is -0.495. The van der Waals surface area contributed by atoms with Crippen LogP contribution in [0, 0.1) is 5.82 Å². The minimum Gasteiger partial charge on any atom is -0.494 e. The molecule has 0 bridgehead atoms. The maximum absolute atomic E-state index is 13.8. The Hall–Kier alpha value is -1.95. The third-order valence-electron chi connectivity index (χ3n) is 2.23. The van der Waals surface area contributed by atoms with Crippen LogP contribution in [0.5, 0.6) is 5.75 Å². The number of ether oxygens (including phenoxy) is 1. The SMILES string of the molecule is COc1ccc(-n2ccnn2)c(CO)c1F. The molecule has 2 rings (SSSR count). The number of rotatable bonds is 3. The van der Waals surface area contributed by atoms with Crippen LogP contribution in [0.25, 0.3) is 5.69 Å². The largest absolute Gasteiger partial charge is 0.494 e. The fraction of sp³-hybridized carbons (Fsp3) is 0.200. The molecule has 1 heterocycles. The molecule has 2 aromatic rings. The summed E-state index contributed by atoms with van der Waals surface area (Å²) in [6.07, 6.45) is 3.05. The molecule has 0 atom stereocenters. The van der Waals surface area contributed by atoms with E-state index < -0.39 is 12.4 Å². The molecule has 0 saturated carbocycles. The zero-order chi connectivity index (χ0) is 11.5. The molecule has 0 aliphatic rings. The first-order valence-corrected chi connectivity index (χ1v) is 4.61. The van der Waals surface area contributed by atoms with E-state index in [0.29, 0.717) is 5.69 Å². The second-order valence-electron chi connectivity index (χ2n) is 3.09. The summed E-state index contributed by atoms with van der Waals surface area (Å²) < 4.78 is 20.0. The van der Waals surface area contributed by atoms with Crippen LogP contribution in [-0.2, 0) is 6.61 Å². The lowest BCUT2D eigenvalue weighted by Gasteiger charge is -2.10. The smallest absolute Gasteiger partial charge is 0.172 e. The maximum Gasteiger partial charge on any atom is 0.172 e. The first kappa shape index (κ1) is 10.6. The van der Waals surface area contributed by atoms with E-state index in [2.05, 4.69) is 10.3 Å². The van der Waals surface area contributed by atoms with Gasteiger partial charge in [0.1, 0.15) is 0 Å². The summed E-state index contributed by atoms with van der Waals surface area (Å²) in [5.41, 5.74) is 0.572. The van der Waals surface area contributed by atoms with E-state index in [1.807, 2.05) is 0 Å². The van der Waals surface area contributed by atoms with Gasteiger partial charge in [0.15, 0.2) is 11.6 Å². The van der Waals surface area contributed by atoms with E-state index in [-0.39, 0.29) is 11.3 Å². The Morgan fingerprint density at radius 3 is 2.88 bits per heavy atom. The van der Waals surface area contributed by atoms with Gasteiger partial charge in [-0.05, 0) is 12.1 Å². The van der Waals surface area contributed by atoms with Gasteiger partial charge in [0.2, 0.25) is 0 Å². The van der Waals surface area contributed by atoms with Crippen molar-refractivity contribution in [1.82, 2.24) is 15.0 Å². The van der Waals surface area contributed by atoms with Crippen molar-refractivity contribution in [3.05, 3.63) is 35.9 Å². The van der Waals surface area contributed by atoms with Crippen molar-refractivity contribution in [2.75, 3.05) is 7.11 Å². The highest BCUT2D eigenvalue weighted by atomic mass is 19.1. The van der Waals surface area contributed by atoms with Gasteiger partial charge in [-0.2, -0.15) is 0 Å². The lowest BCUT2D eigenvalue weighted by atomic mass is 10.1. The van der Waals surface area contributed by atoms with Gasteiger partial charge in [-0.15, -0.1) is 5.10 Å². The first-order valence-electron chi connectivity index (χ1n) is 4.61. The van der Waals surface area contributed by atoms with E-state index >= 15 is 0 Å². The number of aliphatic hydroxyl groups is 1. The molecule has 84 valence electrons. The predicted octanol–water partition coefficient (Wildman–Crippen LogP) is 0.907. The molecule has 1 aromatic heterocycles. The number of aromatic nitrogens is 3. The molecule has 16 heavy (non-hydrogen) atoms. The number of hydrogen-bond donors (Lipinski definition) is 1. The lowest BCUT2D eigenvalue weighted by molar-refractivity contribution is 0.272. The number of hydrogen-bond acceptors (Lipinski definition) is 4. The van der Waals surface area contributed by atoms with Crippen LogP contribution in [0.15, 0.2) is 24.5 Å². The van der Waals surface area contributed by atoms with Crippen molar-refractivity contribution in [3.8, 4) is 11.4 Å². The topological polar surface area (TPSA) is 60.2 Å². The van der Waals surface area contributed by atoms with Gasteiger partial charge in [0, 0.05) is 5.56 Å². The first-order chi connectivity index (χ1) is 7.77. The molecule has 5 nitrogen and oxygen atoms in total. The van der Waals surface area contributed by atoms with Crippen molar-refractivity contribution < 1.29 is 14.2 Å². The summed E-state index contributed by atoms with van der Waals surface area (Å²) in [4.78, 5) is 0. The monoisotopic (exact) mass is 223 g/mol. The average molecular weight is 223 g/mol. The van der Waals surface area contributed by atoms with Crippen LogP contribution in [0.4, 0.5) is 4.39 Å². The van der Waals surface area contributed by atoms with E-state index in [9.17, 15) is 4.39 Å². The number of nitrogens with zero attached hydrogens (tertiary/aromatic N) is 3. The molecule has 1 N–H and O–H groups in total. The van der Waals surface area contributed by atoms with Gasteiger partial charge >= 0.3 is 0 Å². The quantitative estimate of drug-likeness (QED) is 0.840. The normalized spacial score (nSPS) is 10.4. The van der Waals surface area contributed by atoms with Gasteiger partial charge in [0.25, 0.3) is 0 Å². The van der Waals surface area contributed by atoms with Crippen molar-refractivity contribution in [2.24, 2.45) is 0 Å². The highest BCUT2D eigenvalue weighted by Gasteiger charge is 2.14. The Balaban J connectivity index is 2.59. The van der Waals surface area contributed by atoms with Crippen LogP contribution < -0.4 is 4.74 Å². The minimum absolute atomic E-state index is 0.0907. The molecule has 1 aromatic carbocycles. The fourth-order valence-corrected chi connectivity index (χ4v) is 1.45. The Bertz CT molecular complexity index is 485. The Kier molecular flexibility index (Phi) is 2.82. The van der Waals surface area contributed by atoms with E-state index in [1.54, 1.807) is 12.3 Å². The molecule has 0 aliphatic carbocycles. The predicted molar refractivity (Wildman–Crippen MR) is 53.8 cm³/mol. The molecule has 0 radical (unpaired) electrons. The van der Waals surface area contributed by atoms with Crippen molar-refractivity contribution in [2.45, 2.75) is 6.61 Å². The van der Waals surface area contributed by atoms with Crippen molar-refractivity contribution in [3.63, 3.8) is 0 Å². The van der Waals surface area contributed by atoms with Crippen molar-refractivity contribution in [1.29, 1.82) is 0 Å². The maximum atomic E-state index is 13.8. The van der Waals surface area contributed by atoms with Gasteiger partial charge < -0.3 is 9.84 Å². The Morgan fingerprint density at radius 2 is 2.31 bits per heavy atom. The summed E-state index contributed by atoms with van der Waals surface area (Å²) in [6.45, 7) is -0.432. The van der Waals surface area contributed by atoms with Crippen LogP contribution >= 0.6 is 0 Å². The molecule has 0 amide bonds. The zero-order valence-corrected chi connectivity index (χ0v) is 8.59. The molecule has 0 unspecified atom stereocenters. The van der Waals surface area contributed by atoms with E-state index in [0.717, 1.165) is 0 Å². The molecule has 6 heteroatoms. The van der Waals surface area contributed by atoms with Crippen molar-refractivity contribution >= 4 is 0 Å². The molecule has 0 spiro atoms. The standard InChI is InChI=1S/C10H10FN3O2/c1-16-9-3-2-8(7(6-15)10(9)11)14-5-4-12-13-14/h2-5,15H,6H2,1H3. The number of methoxy groups -OCH3 is 1. The number of aliphatic hydroxyl groups excluding tert-OH is 1. The third kappa shape index (κ3) is 1.63. The summed E-state index contributed by atoms with van der Waals surface area (Å²) in [7, 11) is 1.37. The molecule has 0 aliphatic heterocycles. The van der Waals surface area contributed by atoms with Crippen LogP contribution in [0.1, 0.15) is 5.56 Å². The van der Waals surface area contributed by atoms with E-state index in [4.69, 9.17) is 9.84 Å². The number of benzene rings is 1. The average Bonchev–Trinajstić information content (AvgIpc) is 2.82. The second kappa shape index (κ2) is 4.28. The van der Waals surface area contributed by atoms with Gasteiger partial charge in [0.05, 0.1) is 31.8 Å². The van der Waals surface area contributed by atoms with Gasteiger partial charge in [-0.3, -0.25) is 0 Å². The lowest BCUT2D eigenvalue weighted by Crippen LogP contribution is -2.04. The summed E-state index contributed by atoms with van der Waals surface area (Å²) in [5, 5.41) is 16.5. The minimum atomic E-state index is -0.585. The molecular formula is C10H10FN3O2. The van der Waals surface area contributed by atoms with Gasteiger partial charge in [-0.1, -0.05) is 5.21 Å². The molecular weight excluding hydrogens is 213 g/mol. The number of halogens is 1. The Morgan fingerprint density at radius 1 is 1.50 bits per heavy atom. The molecule has 0 saturated heterocycles. The van der Waals surface area contributed by atoms with E-state index in [1.165, 1.54) is 24.1 Å². The fourth-order valence-electron chi connectivity index (χ4n) is 1.45. The molecule has 0 fully saturated rings. The summed E-state index contributed by atoms with van der Waals surface area (Å²) in [6, 6.07) is 3.09. The second-order valence-corrected chi connectivity index (χ2v) is 3.09. The highest BCUT2D eigenvalue weighted by molar-refractivity contribution is 5.46. The Labute approximate surface area is 91.1 Å². The zero-order valence-electron chi connectivity index (χ0n) is 8.59. The third-order valence-corrected chi connectivity index (χ3v) is 2.23. The van der Waals surface area contributed by atoms with Crippen LogP contribution in [0.3, 0.4) is 0 Å². The van der Waals surface area contributed by atoms with Crippen LogP contribution in [0.2, 0.25) is 0 Å². The van der Waals surface area contributed by atoms with Gasteiger partial charge in [-0.25, -0.2) is 9.07 Å². The van der Waals surface area contributed by atoms with Crippen LogP contribution in [-0.4, -0.2) is 27.2 Å². The highest BCUT2D eigenvalue weighted by Crippen LogP contribution is 2.25.